The standard InChI is InChI=1S/C27H30N4O2/c1-18-12-20-5-6-25-24(13-21(15-29-25)22-16-30-31(2)17-22)27(32)23(20)14-26(18)28-9-7-19-4-3-10-33-11-8-19/h5-6,12-17,19,28H,3-4,7-11H2,1-2H3. The largest absolute Gasteiger partial charge is 0.385 e. The molecule has 3 heterocycles. The number of aryl methyl sites for hydroxylation is 2. The van der Waals surface area contributed by atoms with Gasteiger partial charge in [0.2, 0.25) is 0 Å². The van der Waals surface area contributed by atoms with Gasteiger partial charge in [-0.3, -0.25) is 14.5 Å². The lowest BCUT2D eigenvalue weighted by atomic mass is 9.97. The number of anilines is 1. The molecule has 1 aliphatic rings. The topological polar surface area (TPSA) is 69.0 Å². The third-order valence-electron chi connectivity index (χ3n) is 6.70. The summed E-state index contributed by atoms with van der Waals surface area (Å²) in [5, 5.41) is 10.1. The summed E-state index contributed by atoms with van der Waals surface area (Å²) in [4.78, 5) is 18.2. The summed E-state index contributed by atoms with van der Waals surface area (Å²) < 4.78 is 7.34. The number of fused-ring (bicyclic) bond motifs is 2. The Labute approximate surface area is 193 Å². The molecule has 0 aliphatic carbocycles. The minimum atomic E-state index is 0.00667. The number of nitrogens with zero attached hydrogens (tertiary/aromatic N) is 3. The van der Waals surface area contributed by atoms with E-state index in [1.54, 1.807) is 17.1 Å². The van der Waals surface area contributed by atoms with Gasteiger partial charge >= 0.3 is 0 Å². The molecule has 2 aromatic carbocycles. The first-order valence-corrected chi connectivity index (χ1v) is 11.8. The molecule has 1 N–H and O–H groups in total. The fourth-order valence-electron chi connectivity index (χ4n) is 4.76. The van der Waals surface area contributed by atoms with Crippen LogP contribution in [0.4, 0.5) is 5.69 Å². The monoisotopic (exact) mass is 442 g/mol. The molecule has 1 fully saturated rings. The van der Waals surface area contributed by atoms with Crippen LogP contribution in [-0.2, 0) is 11.8 Å². The van der Waals surface area contributed by atoms with E-state index in [9.17, 15) is 4.79 Å². The van der Waals surface area contributed by atoms with Gasteiger partial charge in [0.15, 0.2) is 5.43 Å². The van der Waals surface area contributed by atoms with E-state index in [2.05, 4.69) is 28.4 Å². The van der Waals surface area contributed by atoms with Crippen LogP contribution in [0, 0.1) is 12.8 Å². The van der Waals surface area contributed by atoms with E-state index >= 15 is 0 Å². The molecule has 1 atom stereocenters. The number of pyridine rings is 1. The molecule has 5 rings (SSSR count). The Morgan fingerprint density at radius 2 is 2.00 bits per heavy atom. The van der Waals surface area contributed by atoms with Crippen LogP contribution >= 0.6 is 0 Å². The predicted octanol–water partition coefficient (Wildman–Crippen LogP) is 5.08. The van der Waals surface area contributed by atoms with Gasteiger partial charge in [0.05, 0.1) is 11.7 Å². The van der Waals surface area contributed by atoms with E-state index < -0.39 is 0 Å². The van der Waals surface area contributed by atoms with Crippen LogP contribution in [0.15, 0.2) is 53.7 Å². The first-order chi connectivity index (χ1) is 16.1. The van der Waals surface area contributed by atoms with Gasteiger partial charge in [-0.05, 0) is 73.7 Å². The molecule has 1 saturated heterocycles. The highest BCUT2D eigenvalue weighted by molar-refractivity contribution is 5.95. The molecule has 0 radical (unpaired) electrons. The smallest absolute Gasteiger partial charge is 0.195 e. The highest BCUT2D eigenvalue weighted by Crippen LogP contribution is 2.26. The fourth-order valence-corrected chi connectivity index (χ4v) is 4.76. The third kappa shape index (κ3) is 4.62. The summed E-state index contributed by atoms with van der Waals surface area (Å²) in [6.07, 6.45) is 10.2. The zero-order valence-electron chi connectivity index (χ0n) is 19.3. The summed E-state index contributed by atoms with van der Waals surface area (Å²) in [7, 11) is 1.88. The normalized spacial score (nSPS) is 16.7. The highest BCUT2D eigenvalue weighted by Gasteiger charge is 2.13. The Kier molecular flexibility index (Phi) is 6.09. The van der Waals surface area contributed by atoms with E-state index in [-0.39, 0.29) is 5.43 Å². The molecule has 1 unspecified atom stereocenters. The maximum absolute atomic E-state index is 13.6. The van der Waals surface area contributed by atoms with Gasteiger partial charge in [0, 0.05) is 66.8 Å². The van der Waals surface area contributed by atoms with Crippen molar-refractivity contribution >= 4 is 27.4 Å². The van der Waals surface area contributed by atoms with Crippen molar-refractivity contribution < 1.29 is 4.74 Å². The lowest BCUT2D eigenvalue weighted by molar-refractivity contribution is 0.141. The summed E-state index contributed by atoms with van der Waals surface area (Å²) in [6, 6.07) is 9.98. The molecule has 33 heavy (non-hydrogen) atoms. The second-order valence-corrected chi connectivity index (χ2v) is 9.10. The molecule has 0 amide bonds. The van der Waals surface area contributed by atoms with Crippen LogP contribution in [-0.4, -0.2) is 34.5 Å². The number of hydrogen-bond acceptors (Lipinski definition) is 5. The molecule has 6 nitrogen and oxygen atoms in total. The second kappa shape index (κ2) is 9.32. The molecule has 1 aliphatic heterocycles. The molecular formula is C27H30N4O2. The number of aromatic nitrogens is 3. The molecule has 0 spiro atoms. The van der Waals surface area contributed by atoms with Gasteiger partial charge in [0.25, 0.3) is 0 Å². The van der Waals surface area contributed by atoms with Gasteiger partial charge < -0.3 is 10.1 Å². The average molecular weight is 443 g/mol. The molecule has 170 valence electrons. The van der Waals surface area contributed by atoms with E-state index in [0.29, 0.717) is 22.2 Å². The number of hydrogen-bond donors (Lipinski definition) is 1. The Morgan fingerprint density at radius 3 is 2.85 bits per heavy atom. The van der Waals surface area contributed by atoms with Crippen molar-refractivity contribution in [1.29, 1.82) is 0 Å². The van der Waals surface area contributed by atoms with Crippen molar-refractivity contribution in [1.82, 2.24) is 14.8 Å². The molecular weight excluding hydrogens is 412 g/mol. The van der Waals surface area contributed by atoms with E-state index in [0.717, 1.165) is 66.8 Å². The lowest BCUT2D eigenvalue weighted by Gasteiger charge is -2.15. The maximum atomic E-state index is 13.6. The number of rotatable bonds is 5. The third-order valence-corrected chi connectivity index (χ3v) is 6.70. The van der Waals surface area contributed by atoms with Crippen LogP contribution in [0.5, 0.6) is 0 Å². The van der Waals surface area contributed by atoms with Crippen molar-refractivity contribution in [2.45, 2.75) is 32.6 Å². The molecule has 0 saturated carbocycles. The highest BCUT2D eigenvalue weighted by atomic mass is 16.5. The first kappa shape index (κ1) is 21.6. The van der Waals surface area contributed by atoms with Crippen molar-refractivity contribution in [3.05, 3.63) is 64.7 Å². The Bertz CT molecular complexity index is 1350. The second-order valence-electron chi connectivity index (χ2n) is 9.10. The molecule has 4 aromatic rings. The Morgan fingerprint density at radius 1 is 1.09 bits per heavy atom. The average Bonchev–Trinajstić information content (AvgIpc) is 3.02. The summed E-state index contributed by atoms with van der Waals surface area (Å²) in [5.74, 6) is 0.703. The molecule has 6 heteroatoms. The zero-order chi connectivity index (χ0) is 22.8. The van der Waals surface area contributed by atoms with Crippen LogP contribution in [0.1, 0.15) is 31.2 Å². The van der Waals surface area contributed by atoms with Gasteiger partial charge in [-0.25, -0.2) is 0 Å². The van der Waals surface area contributed by atoms with Gasteiger partial charge in [-0.1, -0.05) is 6.07 Å². The molecule has 2 aromatic heterocycles. The van der Waals surface area contributed by atoms with Crippen molar-refractivity contribution in [2.75, 3.05) is 25.1 Å². The van der Waals surface area contributed by atoms with Gasteiger partial charge in [-0.15, -0.1) is 0 Å². The Balaban J connectivity index is 1.48. The van der Waals surface area contributed by atoms with Crippen LogP contribution in [0.3, 0.4) is 0 Å². The lowest BCUT2D eigenvalue weighted by Crippen LogP contribution is -2.11. The predicted molar refractivity (Wildman–Crippen MR) is 134 cm³/mol. The van der Waals surface area contributed by atoms with Gasteiger partial charge in [-0.2, -0.15) is 5.10 Å². The van der Waals surface area contributed by atoms with E-state index in [1.807, 2.05) is 37.5 Å². The van der Waals surface area contributed by atoms with Crippen LogP contribution in [0.25, 0.3) is 32.8 Å². The number of nitrogens with one attached hydrogen (secondary N) is 1. The van der Waals surface area contributed by atoms with E-state index in [1.165, 1.54) is 6.42 Å². The minimum Gasteiger partial charge on any atom is -0.385 e. The zero-order valence-corrected chi connectivity index (χ0v) is 19.3. The van der Waals surface area contributed by atoms with Crippen molar-refractivity contribution in [3.8, 4) is 11.1 Å². The van der Waals surface area contributed by atoms with Crippen LogP contribution < -0.4 is 10.7 Å². The fraction of sp³-hybridized carbons (Fsp3) is 0.370. The van der Waals surface area contributed by atoms with Gasteiger partial charge in [0.1, 0.15) is 0 Å². The Hall–Kier alpha value is -3.25. The summed E-state index contributed by atoms with van der Waals surface area (Å²) >= 11 is 0. The van der Waals surface area contributed by atoms with Crippen LogP contribution in [0.2, 0.25) is 0 Å². The number of ether oxygens (including phenoxy) is 1. The number of benzene rings is 1. The van der Waals surface area contributed by atoms with Crippen molar-refractivity contribution in [3.63, 3.8) is 0 Å². The van der Waals surface area contributed by atoms with E-state index in [4.69, 9.17) is 4.74 Å². The summed E-state index contributed by atoms with van der Waals surface area (Å²) in [6.45, 7) is 4.76. The maximum Gasteiger partial charge on any atom is 0.195 e. The minimum absolute atomic E-state index is 0.00667. The SMILES string of the molecule is Cc1cc2ccc3ncc(-c4cnn(C)c4)cc3c(=O)c2cc1NCCC1CCCOCC1. The molecule has 0 bridgehead atoms. The summed E-state index contributed by atoms with van der Waals surface area (Å²) in [5.41, 5.74) is 4.72. The van der Waals surface area contributed by atoms with Crippen molar-refractivity contribution in [2.24, 2.45) is 13.0 Å². The first-order valence-electron chi connectivity index (χ1n) is 11.8. The quantitative estimate of drug-likeness (QED) is 0.467.